The molecule has 2 amide bonds. The SMILES string of the molecule is CNC(=O)[C@H](C)N(CCc1ccccc1)C(=O)CN(c1ccc(C(C)C)cc1)S(=O)(=O)c1ccccc1. The number of anilines is 1. The summed E-state index contributed by atoms with van der Waals surface area (Å²) < 4.78 is 28.6. The molecule has 0 heterocycles. The molecule has 37 heavy (non-hydrogen) atoms. The van der Waals surface area contributed by atoms with Crippen molar-refractivity contribution >= 4 is 27.5 Å². The first-order valence-electron chi connectivity index (χ1n) is 12.4. The second kappa shape index (κ2) is 12.5. The topological polar surface area (TPSA) is 86.8 Å². The summed E-state index contributed by atoms with van der Waals surface area (Å²) in [6.45, 7) is 5.59. The van der Waals surface area contributed by atoms with Crippen molar-refractivity contribution < 1.29 is 18.0 Å². The van der Waals surface area contributed by atoms with Crippen LogP contribution in [0.4, 0.5) is 5.69 Å². The highest BCUT2D eigenvalue weighted by atomic mass is 32.2. The highest BCUT2D eigenvalue weighted by molar-refractivity contribution is 7.92. The Labute approximate surface area is 220 Å². The molecule has 0 aliphatic heterocycles. The molecule has 1 N–H and O–H groups in total. The summed E-state index contributed by atoms with van der Waals surface area (Å²) in [5.41, 5.74) is 2.46. The second-order valence-electron chi connectivity index (χ2n) is 9.18. The van der Waals surface area contributed by atoms with E-state index in [-0.39, 0.29) is 23.3 Å². The van der Waals surface area contributed by atoms with Gasteiger partial charge in [0.1, 0.15) is 12.6 Å². The van der Waals surface area contributed by atoms with Gasteiger partial charge in [-0.1, -0.05) is 74.5 Å². The van der Waals surface area contributed by atoms with Gasteiger partial charge in [0.15, 0.2) is 0 Å². The maximum atomic E-state index is 13.7. The fourth-order valence-corrected chi connectivity index (χ4v) is 5.49. The van der Waals surface area contributed by atoms with E-state index in [1.807, 2.05) is 42.5 Å². The minimum Gasteiger partial charge on any atom is -0.357 e. The van der Waals surface area contributed by atoms with Crippen LogP contribution in [0.3, 0.4) is 0 Å². The highest BCUT2D eigenvalue weighted by Crippen LogP contribution is 2.26. The standard InChI is InChI=1S/C29H35N3O4S/c1-22(2)25-15-17-26(18-16-25)32(37(35,36)27-13-9-6-10-14-27)21-28(33)31(23(3)29(34)30-4)20-19-24-11-7-5-8-12-24/h5-18,22-23H,19-21H2,1-4H3,(H,30,34)/t23-/m0/s1. The Morgan fingerprint density at radius 1 is 0.838 bits per heavy atom. The van der Waals surface area contributed by atoms with Crippen LogP contribution in [0.5, 0.6) is 0 Å². The molecule has 0 aromatic heterocycles. The zero-order valence-electron chi connectivity index (χ0n) is 21.8. The van der Waals surface area contributed by atoms with Gasteiger partial charge in [-0.2, -0.15) is 0 Å². The molecule has 0 saturated carbocycles. The summed E-state index contributed by atoms with van der Waals surface area (Å²) in [6, 6.07) is 24.1. The van der Waals surface area contributed by atoms with E-state index in [0.717, 1.165) is 15.4 Å². The molecule has 0 unspecified atom stereocenters. The fraction of sp³-hybridized carbons (Fsp3) is 0.310. The van der Waals surface area contributed by atoms with Gasteiger partial charge in [-0.3, -0.25) is 13.9 Å². The molecule has 0 radical (unpaired) electrons. The number of hydrogen-bond acceptors (Lipinski definition) is 4. The summed E-state index contributed by atoms with van der Waals surface area (Å²) in [4.78, 5) is 27.7. The lowest BCUT2D eigenvalue weighted by Crippen LogP contribution is -2.51. The average molecular weight is 522 g/mol. The normalized spacial score (nSPS) is 12.1. The molecule has 3 rings (SSSR count). The Bertz CT molecular complexity index is 1280. The molecule has 8 heteroatoms. The van der Waals surface area contributed by atoms with E-state index in [1.165, 1.54) is 24.1 Å². The first-order chi connectivity index (χ1) is 17.6. The number of amides is 2. The number of benzene rings is 3. The van der Waals surface area contributed by atoms with E-state index in [9.17, 15) is 18.0 Å². The van der Waals surface area contributed by atoms with Crippen LogP contribution < -0.4 is 9.62 Å². The number of rotatable bonds is 11. The second-order valence-corrected chi connectivity index (χ2v) is 11.0. The molecule has 0 saturated heterocycles. The third-order valence-corrected chi connectivity index (χ3v) is 8.14. The predicted molar refractivity (Wildman–Crippen MR) is 147 cm³/mol. The molecule has 0 aliphatic carbocycles. The predicted octanol–water partition coefficient (Wildman–Crippen LogP) is 4.21. The van der Waals surface area contributed by atoms with Gasteiger partial charge in [-0.05, 0) is 54.7 Å². The molecule has 7 nitrogen and oxygen atoms in total. The largest absolute Gasteiger partial charge is 0.357 e. The maximum absolute atomic E-state index is 13.7. The van der Waals surface area contributed by atoms with Gasteiger partial charge in [-0.25, -0.2) is 8.42 Å². The zero-order valence-corrected chi connectivity index (χ0v) is 22.6. The van der Waals surface area contributed by atoms with Crippen molar-refractivity contribution in [2.75, 3.05) is 24.4 Å². The zero-order chi connectivity index (χ0) is 27.0. The van der Waals surface area contributed by atoms with E-state index in [2.05, 4.69) is 19.2 Å². The van der Waals surface area contributed by atoms with Crippen LogP contribution in [-0.2, 0) is 26.0 Å². The van der Waals surface area contributed by atoms with Gasteiger partial charge in [-0.15, -0.1) is 0 Å². The Kier molecular flexibility index (Phi) is 9.47. The van der Waals surface area contributed by atoms with Gasteiger partial charge < -0.3 is 10.2 Å². The summed E-state index contributed by atoms with van der Waals surface area (Å²) in [6.07, 6.45) is 0.530. The van der Waals surface area contributed by atoms with E-state index >= 15 is 0 Å². The number of likely N-dealkylation sites (N-methyl/N-ethyl adjacent to an activating group) is 1. The number of nitrogens with zero attached hydrogens (tertiary/aromatic N) is 2. The van der Waals surface area contributed by atoms with Crippen molar-refractivity contribution in [3.8, 4) is 0 Å². The molecule has 196 valence electrons. The Morgan fingerprint density at radius 3 is 1.95 bits per heavy atom. The first kappa shape index (κ1) is 27.9. The highest BCUT2D eigenvalue weighted by Gasteiger charge is 2.32. The van der Waals surface area contributed by atoms with Crippen molar-refractivity contribution in [3.05, 3.63) is 96.1 Å². The molecule has 0 fully saturated rings. The van der Waals surface area contributed by atoms with Crippen LogP contribution >= 0.6 is 0 Å². The Hall–Kier alpha value is -3.65. The number of hydrogen-bond donors (Lipinski definition) is 1. The molecule has 1 atom stereocenters. The third kappa shape index (κ3) is 6.98. The van der Waals surface area contributed by atoms with Crippen molar-refractivity contribution in [2.24, 2.45) is 0 Å². The smallest absolute Gasteiger partial charge is 0.264 e. The monoisotopic (exact) mass is 521 g/mol. The number of carbonyl (C=O) groups is 2. The molecular formula is C29H35N3O4S. The number of nitrogens with one attached hydrogen (secondary N) is 1. The average Bonchev–Trinajstić information content (AvgIpc) is 2.92. The van der Waals surface area contributed by atoms with Crippen molar-refractivity contribution in [1.29, 1.82) is 0 Å². The van der Waals surface area contributed by atoms with E-state index in [4.69, 9.17) is 0 Å². The van der Waals surface area contributed by atoms with Crippen LogP contribution in [0.25, 0.3) is 0 Å². The molecule has 3 aromatic rings. The minimum absolute atomic E-state index is 0.0888. The first-order valence-corrected chi connectivity index (χ1v) is 13.8. The summed E-state index contributed by atoms with van der Waals surface area (Å²) in [7, 11) is -2.53. The van der Waals surface area contributed by atoms with Crippen LogP contribution in [0.15, 0.2) is 89.8 Å². The maximum Gasteiger partial charge on any atom is 0.264 e. The Morgan fingerprint density at radius 2 is 1.41 bits per heavy atom. The molecule has 0 spiro atoms. The van der Waals surface area contributed by atoms with Crippen molar-refractivity contribution in [3.63, 3.8) is 0 Å². The van der Waals surface area contributed by atoms with Crippen molar-refractivity contribution in [2.45, 2.75) is 44.0 Å². The molecular weight excluding hydrogens is 486 g/mol. The minimum atomic E-state index is -4.05. The van der Waals surface area contributed by atoms with Gasteiger partial charge in [0.05, 0.1) is 10.6 Å². The number of sulfonamides is 1. The molecule has 3 aromatic carbocycles. The summed E-state index contributed by atoms with van der Waals surface area (Å²) >= 11 is 0. The Balaban J connectivity index is 1.97. The van der Waals surface area contributed by atoms with E-state index < -0.39 is 28.5 Å². The summed E-state index contributed by atoms with van der Waals surface area (Å²) in [5.74, 6) is -0.503. The lowest BCUT2D eigenvalue weighted by atomic mass is 10.0. The van der Waals surface area contributed by atoms with Crippen LogP contribution in [0.2, 0.25) is 0 Å². The third-order valence-electron chi connectivity index (χ3n) is 6.36. The molecule has 0 aliphatic rings. The van der Waals surface area contributed by atoms with Gasteiger partial charge in [0.25, 0.3) is 10.0 Å². The van der Waals surface area contributed by atoms with Crippen LogP contribution in [-0.4, -0.2) is 51.3 Å². The fourth-order valence-electron chi connectivity index (χ4n) is 4.05. The van der Waals surface area contributed by atoms with Crippen LogP contribution in [0, 0.1) is 0 Å². The lowest BCUT2D eigenvalue weighted by Gasteiger charge is -2.31. The summed E-state index contributed by atoms with van der Waals surface area (Å²) in [5, 5.41) is 2.59. The van der Waals surface area contributed by atoms with E-state index in [1.54, 1.807) is 37.3 Å². The van der Waals surface area contributed by atoms with Crippen LogP contribution in [0.1, 0.15) is 37.8 Å². The van der Waals surface area contributed by atoms with Gasteiger partial charge in [0.2, 0.25) is 11.8 Å². The van der Waals surface area contributed by atoms with Gasteiger partial charge >= 0.3 is 0 Å². The quantitative estimate of drug-likeness (QED) is 0.410. The molecule has 0 bridgehead atoms. The van der Waals surface area contributed by atoms with Crippen molar-refractivity contribution in [1.82, 2.24) is 10.2 Å². The number of carbonyl (C=O) groups excluding carboxylic acids is 2. The van der Waals surface area contributed by atoms with Gasteiger partial charge in [0, 0.05) is 13.6 Å². The lowest BCUT2D eigenvalue weighted by molar-refractivity contribution is -0.138. The van der Waals surface area contributed by atoms with E-state index in [0.29, 0.717) is 12.1 Å².